The number of hydrogen-bond donors (Lipinski definition) is 0. The van der Waals surface area contributed by atoms with Gasteiger partial charge in [0.05, 0.1) is 0 Å². The van der Waals surface area contributed by atoms with Crippen LogP contribution >= 0.6 is 0 Å². The summed E-state index contributed by atoms with van der Waals surface area (Å²) < 4.78 is 13.6. The van der Waals surface area contributed by atoms with Gasteiger partial charge in [0, 0.05) is 0 Å². The van der Waals surface area contributed by atoms with Crippen molar-refractivity contribution in [1.29, 1.82) is 0 Å². The minimum atomic E-state index is -0.683. The Morgan fingerprint density at radius 1 is 1.75 bits per heavy atom. The molecule has 0 saturated heterocycles. The zero-order valence-electron chi connectivity index (χ0n) is 4.64. The molecule has 0 spiro atoms. The quantitative estimate of drug-likeness (QED) is 0.384. The van der Waals surface area contributed by atoms with Crippen molar-refractivity contribution in [3.05, 3.63) is 20.8 Å². The van der Waals surface area contributed by atoms with Gasteiger partial charge in [0.2, 0.25) is 0 Å². The Balaban J connectivity index is 3.28. The summed E-state index contributed by atoms with van der Waals surface area (Å²) in [6.07, 6.45) is 1.25. The van der Waals surface area contributed by atoms with Gasteiger partial charge in [0.1, 0.15) is 0 Å². The van der Waals surface area contributed by atoms with Crippen LogP contribution in [0, 0.1) is 32.5 Å². The van der Waals surface area contributed by atoms with Gasteiger partial charge in [-0.15, -0.1) is 0 Å². The fourth-order valence-corrected chi connectivity index (χ4v) is 0.183. The molecular formula is C6H8O2. The van der Waals surface area contributed by atoms with Gasteiger partial charge in [-0.1, -0.05) is 0 Å². The van der Waals surface area contributed by atoms with Crippen molar-refractivity contribution in [2.45, 2.75) is 0 Å². The molecular weight excluding hydrogens is 104 g/mol. The van der Waals surface area contributed by atoms with Crippen LogP contribution < -0.4 is 0 Å². The molecule has 2 heteroatoms. The van der Waals surface area contributed by atoms with Gasteiger partial charge in [-0.3, -0.25) is 0 Å². The molecule has 0 aromatic rings. The van der Waals surface area contributed by atoms with Crippen LogP contribution in [0.5, 0.6) is 0 Å². The van der Waals surface area contributed by atoms with E-state index in [0.29, 0.717) is 0 Å². The molecule has 0 saturated carbocycles. The van der Waals surface area contributed by atoms with Crippen LogP contribution in [0.3, 0.4) is 0 Å². The third kappa shape index (κ3) is 5.41. The van der Waals surface area contributed by atoms with E-state index in [4.69, 9.17) is 0 Å². The van der Waals surface area contributed by atoms with Gasteiger partial charge in [-0.25, -0.2) is 0 Å². The Kier molecular flexibility index (Phi) is 2.46. The second kappa shape index (κ2) is 2.65. The molecule has 0 rings (SSSR count). The number of hydrogen-bond acceptors (Lipinski definition) is 1. The third-order valence-corrected chi connectivity index (χ3v) is 0.437. The predicted molar refractivity (Wildman–Crippen MR) is 29.0 cm³/mol. The van der Waals surface area contributed by atoms with Crippen molar-refractivity contribution in [3.63, 3.8) is 0 Å². The van der Waals surface area contributed by atoms with Crippen LogP contribution in [-0.4, -0.2) is 6.61 Å². The summed E-state index contributed by atoms with van der Waals surface area (Å²) >= 11 is 0. The second-order valence-electron chi connectivity index (χ2n) is 1.87. The Morgan fingerprint density at radius 3 is 2.38 bits per heavy atom. The first kappa shape index (κ1) is 7.41. The Labute approximate surface area is 49.6 Å². The van der Waals surface area contributed by atoms with E-state index < -0.39 is 5.41 Å². The monoisotopic (exact) mass is 112 g/mol. The Hall–Kier alpha value is -0.590. The molecule has 0 heterocycles. The van der Waals surface area contributed by atoms with Crippen LogP contribution in [-0.2, 0) is 9.39 Å². The summed E-state index contributed by atoms with van der Waals surface area (Å²) in [6.45, 7) is 10.6. The molecule has 0 atom stereocenters. The van der Waals surface area contributed by atoms with Gasteiger partial charge in [0.25, 0.3) is 0 Å². The summed E-state index contributed by atoms with van der Waals surface area (Å²) in [5, 5.41) is 0. The summed E-state index contributed by atoms with van der Waals surface area (Å²) in [5.41, 5.74) is -0.683. The van der Waals surface area contributed by atoms with Crippen LogP contribution in [0.25, 0.3) is 0 Å². The van der Waals surface area contributed by atoms with Crippen LogP contribution in [0.2, 0.25) is 0 Å². The van der Waals surface area contributed by atoms with E-state index in [1.54, 1.807) is 0 Å². The molecule has 0 radical (unpaired) electrons. The molecule has 0 aromatic heterocycles. The number of rotatable bonds is 2. The minimum absolute atomic E-state index is 0.108. The summed E-state index contributed by atoms with van der Waals surface area (Å²) in [4.78, 5) is 0. The average molecular weight is 112 g/mol. The summed E-state index contributed by atoms with van der Waals surface area (Å²) in [6, 6.07) is 0. The zero-order valence-corrected chi connectivity index (χ0v) is 4.64. The van der Waals surface area contributed by atoms with E-state index >= 15 is 0 Å². The van der Waals surface area contributed by atoms with Crippen LogP contribution in [0.15, 0.2) is 0 Å². The molecule has 0 fully saturated rings. The molecule has 0 N–H and O–H groups in total. The average Bonchev–Trinajstić information content (AvgIpc) is 1.59. The van der Waals surface area contributed by atoms with E-state index in [2.05, 4.69) is 25.5 Å². The summed E-state index contributed by atoms with van der Waals surface area (Å²) in [5.74, 6) is 0. The second-order valence-corrected chi connectivity index (χ2v) is 1.87. The Bertz CT molecular complexity index is 94.1. The van der Waals surface area contributed by atoms with E-state index in [-0.39, 0.29) is 6.61 Å². The van der Waals surface area contributed by atoms with Gasteiger partial charge in [-0.2, -0.15) is 0 Å². The van der Waals surface area contributed by atoms with E-state index in [0.717, 1.165) is 0 Å². The number of ether oxygens (including phenoxy) is 1. The van der Waals surface area contributed by atoms with Gasteiger partial charge >= 0.3 is 48.5 Å². The molecule has 8 heavy (non-hydrogen) atoms. The van der Waals surface area contributed by atoms with Crippen molar-refractivity contribution in [1.82, 2.24) is 0 Å². The van der Waals surface area contributed by atoms with Crippen molar-refractivity contribution in [2.24, 2.45) is 5.41 Å². The van der Waals surface area contributed by atoms with Crippen molar-refractivity contribution < 1.29 is 9.39 Å². The maximum atomic E-state index is 9.42. The SMILES string of the molecule is [CH2+]C([CH2-])([CH2-])COC#[O+]. The van der Waals surface area contributed by atoms with Crippen molar-refractivity contribution >= 4 is 0 Å². The molecule has 0 aliphatic carbocycles. The van der Waals surface area contributed by atoms with Gasteiger partial charge < -0.3 is 0 Å². The standard InChI is InChI=1S/C6H8O2/c1-6(2,3)4-8-5-7/h1-4H2. The molecule has 0 aliphatic heterocycles. The van der Waals surface area contributed by atoms with E-state index in [9.17, 15) is 4.65 Å². The summed E-state index contributed by atoms with van der Waals surface area (Å²) in [7, 11) is 0. The first-order chi connectivity index (χ1) is 3.56. The third-order valence-electron chi connectivity index (χ3n) is 0.437. The Morgan fingerprint density at radius 2 is 2.25 bits per heavy atom. The molecule has 0 aromatic carbocycles. The van der Waals surface area contributed by atoms with E-state index in [1.165, 1.54) is 6.33 Å². The van der Waals surface area contributed by atoms with Crippen LogP contribution in [0.1, 0.15) is 0 Å². The topological polar surface area (TPSA) is 29.1 Å². The predicted octanol–water partition coefficient (Wildman–Crippen LogP) is 0.839. The van der Waals surface area contributed by atoms with Gasteiger partial charge in [-0.05, 0) is 0 Å². The molecule has 0 amide bonds. The molecule has 0 bridgehead atoms. The van der Waals surface area contributed by atoms with E-state index in [1.807, 2.05) is 0 Å². The fourth-order valence-electron chi connectivity index (χ4n) is 0.183. The van der Waals surface area contributed by atoms with Gasteiger partial charge in [0.15, 0.2) is 0 Å². The van der Waals surface area contributed by atoms with Crippen molar-refractivity contribution in [2.75, 3.05) is 6.61 Å². The molecule has 0 aliphatic rings. The zero-order chi connectivity index (χ0) is 6.62. The first-order valence-electron chi connectivity index (χ1n) is 2.11. The normalized spacial score (nSPS) is 10.1. The first-order valence-corrected chi connectivity index (χ1v) is 2.11. The molecule has 44 valence electrons. The maximum absolute atomic E-state index is 9.42. The van der Waals surface area contributed by atoms with Crippen molar-refractivity contribution in [3.8, 4) is 6.33 Å². The molecule has 2 nitrogen and oxygen atoms in total. The van der Waals surface area contributed by atoms with Crippen LogP contribution in [0.4, 0.5) is 0 Å². The molecule has 0 unspecified atom stereocenters. The fraction of sp³-hybridized carbons (Fsp3) is 0.333.